The van der Waals surface area contributed by atoms with Crippen molar-refractivity contribution in [3.05, 3.63) is 58.6 Å². The minimum atomic E-state index is 0.718. The Morgan fingerprint density at radius 1 is 1.05 bits per heavy atom. The summed E-state index contributed by atoms with van der Waals surface area (Å²) < 4.78 is 0. The van der Waals surface area contributed by atoms with Gasteiger partial charge in [-0.1, -0.05) is 37.3 Å². The highest BCUT2D eigenvalue weighted by atomic mass is 15.0. The van der Waals surface area contributed by atoms with Crippen molar-refractivity contribution in [2.45, 2.75) is 33.6 Å². The van der Waals surface area contributed by atoms with E-state index in [2.05, 4.69) is 24.4 Å². The van der Waals surface area contributed by atoms with Crippen molar-refractivity contribution in [2.24, 2.45) is 11.5 Å². The van der Waals surface area contributed by atoms with E-state index < -0.39 is 0 Å². The van der Waals surface area contributed by atoms with Gasteiger partial charge in [0.1, 0.15) is 0 Å². The first-order chi connectivity index (χ1) is 9.06. The van der Waals surface area contributed by atoms with Crippen molar-refractivity contribution in [3.8, 4) is 0 Å². The van der Waals surface area contributed by atoms with E-state index in [0.717, 1.165) is 42.1 Å². The van der Waals surface area contributed by atoms with E-state index in [9.17, 15) is 0 Å². The zero-order valence-corrected chi connectivity index (χ0v) is 12.2. The van der Waals surface area contributed by atoms with Gasteiger partial charge in [-0.05, 0) is 37.0 Å². The normalized spacial score (nSPS) is 13.6. The number of nitrogens with two attached hydrogens (primary N) is 2. The monoisotopic (exact) mass is 259 g/mol. The summed E-state index contributed by atoms with van der Waals surface area (Å²) in [6.45, 7) is 7.02. The molecule has 0 saturated carbocycles. The van der Waals surface area contributed by atoms with Crippen LogP contribution in [-0.2, 0) is 6.42 Å². The first-order valence-electron chi connectivity index (χ1n) is 6.76. The maximum absolute atomic E-state index is 6.18. The largest absolute Gasteiger partial charge is 0.402 e. The number of hydrogen-bond acceptors (Lipinski definition) is 3. The molecule has 19 heavy (non-hydrogen) atoms. The van der Waals surface area contributed by atoms with Crippen LogP contribution in [0.25, 0.3) is 0 Å². The molecule has 1 aromatic carbocycles. The summed E-state index contributed by atoms with van der Waals surface area (Å²) in [4.78, 5) is 0. The SMILES string of the molecule is CCCN/C(N)=C(C)/C(C)=C(\N)Cc1ccccc1. The zero-order valence-electron chi connectivity index (χ0n) is 12.2. The predicted molar refractivity (Wildman–Crippen MR) is 82.2 cm³/mol. The number of benzene rings is 1. The van der Waals surface area contributed by atoms with Crippen LogP contribution in [0.3, 0.4) is 0 Å². The topological polar surface area (TPSA) is 64.1 Å². The average Bonchev–Trinajstić information content (AvgIpc) is 2.44. The summed E-state index contributed by atoms with van der Waals surface area (Å²) in [5.74, 6) is 0.718. The maximum atomic E-state index is 6.18. The van der Waals surface area contributed by atoms with Crippen LogP contribution in [0.15, 0.2) is 53.0 Å². The molecule has 0 aromatic heterocycles. The minimum absolute atomic E-state index is 0.718. The number of hydrogen-bond donors (Lipinski definition) is 3. The van der Waals surface area contributed by atoms with Gasteiger partial charge in [-0.2, -0.15) is 0 Å². The molecule has 104 valence electrons. The van der Waals surface area contributed by atoms with Crippen molar-refractivity contribution in [2.75, 3.05) is 6.54 Å². The van der Waals surface area contributed by atoms with Crippen molar-refractivity contribution in [3.63, 3.8) is 0 Å². The molecule has 1 rings (SSSR count). The van der Waals surface area contributed by atoms with Crippen molar-refractivity contribution in [1.82, 2.24) is 5.32 Å². The van der Waals surface area contributed by atoms with Crippen LogP contribution in [-0.4, -0.2) is 6.54 Å². The third-order valence-corrected chi connectivity index (χ3v) is 3.25. The van der Waals surface area contributed by atoms with Gasteiger partial charge in [0.15, 0.2) is 0 Å². The lowest BCUT2D eigenvalue weighted by molar-refractivity contribution is 0.752. The lowest BCUT2D eigenvalue weighted by Gasteiger charge is -2.13. The molecular weight excluding hydrogens is 234 g/mol. The van der Waals surface area contributed by atoms with Crippen LogP contribution in [0, 0.1) is 0 Å². The minimum Gasteiger partial charge on any atom is -0.402 e. The molecule has 0 aliphatic carbocycles. The Labute approximate surface area is 116 Å². The van der Waals surface area contributed by atoms with Gasteiger partial charge in [0, 0.05) is 18.7 Å². The molecule has 0 heterocycles. The fourth-order valence-electron chi connectivity index (χ4n) is 1.78. The number of allylic oxidation sites excluding steroid dienone is 3. The van der Waals surface area contributed by atoms with Crippen LogP contribution in [0.1, 0.15) is 32.8 Å². The molecule has 0 bridgehead atoms. The second-order valence-corrected chi connectivity index (χ2v) is 4.78. The van der Waals surface area contributed by atoms with Gasteiger partial charge >= 0.3 is 0 Å². The Hall–Kier alpha value is -1.90. The summed E-state index contributed by atoms with van der Waals surface area (Å²) in [7, 11) is 0. The molecule has 1 aromatic rings. The number of nitrogens with one attached hydrogen (secondary N) is 1. The van der Waals surface area contributed by atoms with E-state index in [1.807, 2.05) is 32.0 Å². The fourth-order valence-corrected chi connectivity index (χ4v) is 1.78. The summed E-state index contributed by atoms with van der Waals surface area (Å²) in [6.07, 6.45) is 1.81. The van der Waals surface area contributed by atoms with E-state index in [1.165, 1.54) is 5.56 Å². The van der Waals surface area contributed by atoms with Gasteiger partial charge in [0.25, 0.3) is 0 Å². The third kappa shape index (κ3) is 4.70. The molecule has 0 radical (unpaired) electrons. The third-order valence-electron chi connectivity index (χ3n) is 3.25. The zero-order chi connectivity index (χ0) is 14.3. The van der Waals surface area contributed by atoms with Crippen LogP contribution >= 0.6 is 0 Å². The predicted octanol–water partition coefficient (Wildman–Crippen LogP) is 2.65. The highest BCUT2D eigenvalue weighted by Crippen LogP contribution is 2.15. The Morgan fingerprint density at radius 3 is 2.26 bits per heavy atom. The summed E-state index contributed by atoms with van der Waals surface area (Å²) >= 11 is 0. The van der Waals surface area contributed by atoms with Crippen molar-refractivity contribution >= 4 is 0 Å². The van der Waals surface area contributed by atoms with E-state index >= 15 is 0 Å². The van der Waals surface area contributed by atoms with Gasteiger partial charge in [-0.25, -0.2) is 0 Å². The standard InChI is InChI=1S/C16H25N3/c1-4-10-19-16(18)13(3)12(2)15(17)11-14-8-6-5-7-9-14/h5-9,19H,4,10-11,17-18H2,1-3H3/b15-12-,16-13+. The summed E-state index contributed by atoms with van der Waals surface area (Å²) in [5, 5.41) is 3.20. The maximum Gasteiger partial charge on any atom is 0.0993 e. The van der Waals surface area contributed by atoms with Crippen molar-refractivity contribution in [1.29, 1.82) is 0 Å². The molecular formula is C16H25N3. The van der Waals surface area contributed by atoms with E-state index in [4.69, 9.17) is 11.5 Å². The molecule has 5 N–H and O–H groups in total. The van der Waals surface area contributed by atoms with E-state index in [1.54, 1.807) is 0 Å². The van der Waals surface area contributed by atoms with Gasteiger partial charge in [-0.15, -0.1) is 0 Å². The average molecular weight is 259 g/mol. The Balaban J connectivity index is 2.83. The van der Waals surface area contributed by atoms with E-state index in [0.29, 0.717) is 0 Å². The Morgan fingerprint density at radius 2 is 1.68 bits per heavy atom. The van der Waals surface area contributed by atoms with Crippen LogP contribution in [0.5, 0.6) is 0 Å². The first kappa shape index (κ1) is 15.2. The molecule has 0 amide bonds. The molecule has 3 nitrogen and oxygen atoms in total. The summed E-state index contributed by atoms with van der Waals surface area (Å²) in [6, 6.07) is 10.2. The highest BCUT2D eigenvalue weighted by molar-refractivity contribution is 5.35. The number of rotatable bonds is 6. The molecule has 0 unspecified atom stereocenters. The Bertz CT molecular complexity index is 458. The van der Waals surface area contributed by atoms with Gasteiger partial charge in [-0.3, -0.25) is 0 Å². The lowest BCUT2D eigenvalue weighted by atomic mass is 10.0. The van der Waals surface area contributed by atoms with Crippen LogP contribution in [0.2, 0.25) is 0 Å². The molecule has 0 atom stereocenters. The molecule has 0 spiro atoms. The quantitative estimate of drug-likeness (QED) is 0.688. The Kier molecular flexibility index (Phi) is 6.00. The highest BCUT2D eigenvalue weighted by Gasteiger charge is 2.05. The molecule has 3 heteroatoms. The molecule has 0 fully saturated rings. The van der Waals surface area contributed by atoms with Gasteiger partial charge in [0.2, 0.25) is 0 Å². The molecule has 0 aliphatic rings. The first-order valence-corrected chi connectivity index (χ1v) is 6.76. The smallest absolute Gasteiger partial charge is 0.0993 e. The molecule has 0 saturated heterocycles. The second-order valence-electron chi connectivity index (χ2n) is 4.78. The van der Waals surface area contributed by atoms with Crippen LogP contribution in [0.4, 0.5) is 0 Å². The van der Waals surface area contributed by atoms with E-state index in [-0.39, 0.29) is 0 Å². The van der Waals surface area contributed by atoms with Gasteiger partial charge in [0.05, 0.1) is 5.82 Å². The summed E-state index contributed by atoms with van der Waals surface area (Å²) in [5.41, 5.74) is 16.4. The molecule has 0 aliphatic heterocycles. The second kappa shape index (κ2) is 7.52. The van der Waals surface area contributed by atoms with Crippen molar-refractivity contribution < 1.29 is 0 Å². The fraction of sp³-hybridized carbons (Fsp3) is 0.375. The van der Waals surface area contributed by atoms with Crippen LogP contribution < -0.4 is 16.8 Å². The lowest BCUT2D eigenvalue weighted by Crippen LogP contribution is -2.23. The van der Waals surface area contributed by atoms with Gasteiger partial charge < -0.3 is 16.8 Å².